The van der Waals surface area contributed by atoms with E-state index in [0.717, 1.165) is 11.5 Å². The number of hydrogen-bond acceptors (Lipinski definition) is 3. The molecule has 0 aromatic heterocycles. The number of nitrogens with two attached hydrogens (primary N) is 2. The molecule has 124 valence electrons. The molecule has 0 saturated carbocycles. The molecule has 2 aromatic carbocycles. The van der Waals surface area contributed by atoms with Crippen molar-refractivity contribution < 1.29 is 4.74 Å². The first-order valence-corrected chi connectivity index (χ1v) is 8.30. The zero-order chi connectivity index (χ0) is 16.8. The van der Waals surface area contributed by atoms with Crippen LogP contribution < -0.4 is 16.2 Å². The van der Waals surface area contributed by atoms with Crippen molar-refractivity contribution in [3.8, 4) is 11.5 Å². The van der Waals surface area contributed by atoms with Crippen LogP contribution in [0, 0.1) is 18.8 Å². The fourth-order valence-corrected chi connectivity index (χ4v) is 3.06. The number of para-hydroxylation sites is 1. The number of benzene rings is 2. The Kier molecular flexibility index (Phi) is 6.20. The van der Waals surface area contributed by atoms with Crippen molar-refractivity contribution in [1.29, 1.82) is 0 Å². The van der Waals surface area contributed by atoms with Gasteiger partial charge in [0.25, 0.3) is 0 Å². The van der Waals surface area contributed by atoms with Crippen LogP contribution >= 0.6 is 0 Å². The normalized spacial score (nSPS) is 13.8. The highest BCUT2D eigenvalue weighted by atomic mass is 16.5. The number of ether oxygens (including phenoxy) is 1. The molecular weight excluding hydrogens is 284 g/mol. The first kappa shape index (κ1) is 17.5. The maximum absolute atomic E-state index is 5.90. The third-order valence-corrected chi connectivity index (χ3v) is 4.85. The van der Waals surface area contributed by atoms with Gasteiger partial charge in [0.1, 0.15) is 11.5 Å². The molecule has 0 spiro atoms. The van der Waals surface area contributed by atoms with Crippen molar-refractivity contribution in [2.75, 3.05) is 13.1 Å². The lowest BCUT2D eigenvalue weighted by molar-refractivity contribution is 0.327. The highest BCUT2D eigenvalue weighted by Gasteiger charge is 2.23. The first-order valence-electron chi connectivity index (χ1n) is 8.30. The summed E-state index contributed by atoms with van der Waals surface area (Å²) in [6, 6.07) is 16.2. The predicted molar refractivity (Wildman–Crippen MR) is 96.9 cm³/mol. The molecule has 2 atom stereocenters. The second-order valence-corrected chi connectivity index (χ2v) is 6.31. The molecule has 23 heavy (non-hydrogen) atoms. The predicted octanol–water partition coefficient (Wildman–Crippen LogP) is 4.06. The third kappa shape index (κ3) is 4.34. The van der Waals surface area contributed by atoms with Gasteiger partial charge in [-0.05, 0) is 73.2 Å². The minimum absolute atomic E-state index is 0.352. The van der Waals surface area contributed by atoms with Gasteiger partial charge in [0.15, 0.2) is 0 Å². The van der Waals surface area contributed by atoms with Gasteiger partial charge in [-0.2, -0.15) is 0 Å². The Morgan fingerprint density at radius 3 is 2.13 bits per heavy atom. The van der Waals surface area contributed by atoms with E-state index in [0.29, 0.717) is 30.8 Å². The van der Waals surface area contributed by atoms with E-state index in [9.17, 15) is 0 Å². The molecule has 0 heterocycles. The van der Waals surface area contributed by atoms with Crippen LogP contribution in [0.4, 0.5) is 0 Å². The monoisotopic (exact) mass is 312 g/mol. The van der Waals surface area contributed by atoms with E-state index in [1.54, 1.807) is 0 Å². The Bertz CT molecular complexity index is 608. The molecule has 0 bridgehead atoms. The lowest BCUT2D eigenvalue weighted by Gasteiger charge is -2.28. The Balaban J connectivity index is 2.15. The Labute approximate surface area is 139 Å². The number of aryl methyl sites for hydroxylation is 1. The summed E-state index contributed by atoms with van der Waals surface area (Å²) in [5, 5.41) is 0. The molecule has 0 aliphatic carbocycles. The smallest absolute Gasteiger partial charge is 0.127 e. The average molecular weight is 312 g/mol. The SMILES string of the molecule is Cc1cc(Oc2ccccc2)ccc1C(C)C(C)C(CN)CN. The molecule has 0 fully saturated rings. The van der Waals surface area contributed by atoms with Crippen molar-refractivity contribution in [2.24, 2.45) is 23.3 Å². The Morgan fingerprint density at radius 1 is 0.913 bits per heavy atom. The van der Waals surface area contributed by atoms with E-state index in [4.69, 9.17) is 16.2 Å². The quantitative estimate of drug-likeness (QED) is 0.810. The summed E-state index contributed by atoms with van der Waals surface area (Å²) in [7, 11) is 0. The van der Waals surface area contributed by atoms with Crippen LogP contribution in [0.1, 0.15) is 30.9 Å². The molecule has 3 heteroatoms. The maximum atomic E-state index is 5.90. The number of hydrogen-bond donors (Lipinski definition) is 2. The zero-order valence-corrected chi connectivity index (χ0v) is 14.3. The number of rotatable bonds is 7. The van der Waals surface area contributed by atoms with E-state index in [-0.39, 0.29) is 0 Å². The van der Waals surface area contributed by atoms with Crippen LogP contribution in [0.3, 0.4) is 0 Å². The highest BCUT2D eigenvalue weighted by molar-refractivity contribution is 5.39. The van der Waals surface area contributed by atoms with Gasteiger partial charge in [-0.3, -0.25) is 0 Å². The van der Waals surface area contributed by atoms with Crippen molar-refractivity contribution >= 4 is 0 Å². The molecule has 2 aromatic rings. The summed E-state index contributed by atoms with van der Waals surface area (Å²) in [5.41, 5.74) is 14.3. The fourth-order valence-electron chi connectivity index (χ4n) is 3.06. The average Bonchev–Trinajstić information content (AvgIpc) is 2.56. The van der Waals surface area contributed by atoms with E-state index in [1.807, 2.05) is 36.4 Å². The summed E-state index contributed by atoms with van der Waals surface area (Å²) < 4.78 is 5.90. The second-order valence-electron chi connectivity index (χ2n) is 6.31. The zero-order valence-electron chi connectivity index (χ0n) is 14.3. The minimum Gasteiger partial charge on any atom is -0.457 e. The van der Waals surface area contributed by atoms with Crippen LogP contribution in [0.15, 0.2) is 48.5 Å². The molecule has 4 N–H and O–H groups in total. The van der Waals surface area contributed by atoms with Gasteiger partial charge < -0.3 is 16.2 Å². The van der Waals surface area contributed by atoms with Crippen LogP contribution in [0.2, 0.25) is 0 Å². The van der Waals surface area contributed by atoms with E-state index < -0.39 is 0 Å². The fraction of sp³-hybridized carbons (Fsp3) is 0.400. The Morgan fingerprint density at radius 2 is 1.57 bits per heavy atom. The molecule has 0 aliphatic heterocycles. The van der Waals surface area contributed by atoms with Crippen LogP contribution in [-0.2, 0) is 0 Å². The molecular formula is C20H28N2O. The summed E-state index contributed by atoms with van der Waals surface area (Å²) in [5.74, 6) is 2.94. The van der Waals surface area contributed by atoms with Crippen LogP contribution in [0.25, 0.3) is 0 Å². The van der Waals surface area contributed by atoms with Gasteiger partial charge in [0, 0.05) is 0 Å². The highest BCUT2D eigenvalue weighted by Crippen LogP contribution is 2.33. The molecule has 0 saturated heterocycles. The summed E-state index contributed by atoms with van der Waals surface area (Å²) in [6.45, 7) is 7.90. The van der Waals surface area contributed by atoms with E-state index in [2.05, 4.69) is 32.9 Å². The van der Waals surface area contributed by atoms with Gasteiger partial charge in [-0.15, -0.1) is 0 Å². The van der Waals surface area contributed by atoms with Gasteiger partial charge in [-0.25, -0.2) is 0 Å². The van der Waals surface area contributed by atoms with Gasteiger partial charge >= 0.3 is 0 Å². The molecule has 2 unspecified atom stereocenters. The van der Waals surface area contributed by atoms with Gasteiger partial charge in [0.2, 0.25) is 0 Å². The third-order valence-electron chi connectivity index (χ3n) is 4.85. The van der Waals surface area contributed by atoms with Gasteiger partial charge in [-0.1, -0.05) is 38.1 Å². The summed E-state index contributed by atoms with van der Waals surface area (Å²) >= 11 is 0. The standard InChI is InChI=1S/C20H28N2O/c1-14-11-19(23-18-7-5-4-6-8-18)9-10-20(14)16(3)15(2)17(12-21)13-22/h4-11,15-17H,12-13,21-22H2,1-3H3. The van der Waals surface area contributed by atoms with E-state index in [1.165, 1.54) is 11.1 Å². The lowest BCUT2D eigenvalue weighted by Crippen LogP contribution is -2.31. The van der Waals surface area contributed by atoms with Crippen molar-refractivity contribution in [1.82, 2.24) is 0 Å². The topological polar surface area (TPSA) is 61.3 Å². The molecule has 0 aliphatic rings. The van der Waals surface area contributed by atoms with E-state index >= 15 is 0 Å². The van der Waals surface area contributed by atoms with Crippen molar-refractivity contribution in [3.05, 3.63) is 59.7 Å². The molecule has 3 nitrogen and oxygen atoms in total. The molecule has 2 rings (SSSR count). The lowest BCUT2D eigenvalue weighted by atomic mass is 9.79. The summed E-state index contributed by atoms with van der Waals surface area (Å²) in [6.07, 6.45) is 0. The molecule has 0 amide bonds. The summed E-state index contributed by atoms with van der Waals surface area (Å²) in [4.78, 5) is 0. The largest absolute Gasteiger partial charge is 0.457 e. The van der Waals surface area contributed by atoms with Crippen LogP contribution in [0.5, 0.6) is 11.5 Å². The molecule has 0 radical (unpaired) electrons. The minimum atomic E-state index is 0.352. The van der Waals surface area contributed by atoms with Crippen molar-refractivity contribution in [2.45, 2.75) is 26.7 Å². The van der Waals surface area contributed by atoms with Gasteiger partial charge in [0.05, 0.1) is 0 Å². The van der Waals surface area contributed by atoms with Crippen LogP contribution in [-0.4, -0.2) is 13.1 Å². The second kappa shape index (κ2) is 8.14. The first-order chi connectivity index (χ1) is 11.1. The Hall–Kier alpha value is -1.84. The van der Waals surface area contributed by atoms with Crippen molar-refractivity contribution in [3.63, 3.8) is 0 Å². The maximum Gasteiger partial charge on any atom is 0.127 e.